The van der Waals surface area contributed by atoms with E-state index in [1.807, 2.05) is 0 Å². The molecule has 11 heavy (non-hydrogen) atoms. The van der Waals surface area contributed by atoms with E-state index in [1.165, 1.54) is 18.2 Å². The smallest absolute Gasteiger partial charge is 0.224 e. The van der Waals surface area contributed by atoms with Crippen molar-refractivity contribution in [3.8, 4) is 0 Å². The van der Waals surface area contributed by atoms with Gasteiger partial charge in [-0.15, -0.1) is 0 Å². The SMILES string of the molecule is C/N=C\N(CC(C)O)C(C)=O. The minimum Gasteiger partial charge on any atom is -0.392 e. The van der Waals surface area contributed by atoms with Crippen LogP contribution in [0.25, 0.3) is 0 Å². The summed E-state index contributed by atoms with van der Waals surface area (Å²) < 4.78 is 0. The number of carbonyl (C=O) groups excluding carboxylic acids is 1. The molecule has 4 heteroatoms. The van der Waals surface area contributed by atoms with Crippen molar-refractivity contribution in [2.75, 3.05) is 13.6 Å². The molecule has 4 nitrogen and oxygen atoms in total. The van der Waals surface area contributed by atoms with Crippen molar-refractivity contribution in [1.29, 1.82) is 0 Å². The van der Waals surface area contributed by atoms with Crippen LogP contribution in [0.2, 0.25) is 0 Å². The van der Waals surface area contributed by atoms with Gasteiger partial charge in [-0.1, -0.05) is 0 Å². The van der Waals surface area contributed by atoms with Crippen molar-refractivity contribution < 1.29 is 9.90 Å². The minimum absolute atomic E-state index is 0.114. The van der Waals surface area contributed by atoms with Crippen molar-refractivity contribution in [2.45, 2.75) is 20.0 Å². The molecule has 0 aromatic carbocycles. The van der Waals surface area contributed by atoms with Crippen molar-refractivity contribution >= 4 is 12.2 Å². The van der Waals surface area contributed by atoms with E-state index in [0.29, 0.717) is 6.54 Å². The van der Waals surface area contributed by atoms with E-state index in [1.54, 1.807) is 14.0 Å². The van der Waals surface area contributed by atoms with Crippen LogP contribution in [-0.4, -0.2) is 41.9 Å². The van der Waals surface area contributed by atoms with Crippen LogP contribution in [0.1, 0.15) is 13.8 Å². The molecule has 0 aliphatic carbocycles. The first-order chi connectivity index (χ1) is 5.07. The molecule has 0 spiro atoms. The summed E-state index contributed by atoms with van der Waals surface area (Å²) in [6.07, 6.45) is 0.895. The molecule has 1 atom stereocenters. The molecule has 0 aromatic rings. The number of nitrogens with zero attached hydrogens (tertiary/aromatic N) is 2. The van der Waals surface area contributed by atoms with Gasteiger partial charge in [-0.25, -0.2) is 0 Å². The van der Waals surface area contributed by atoms with Crippen molar-refractivity contribution in [3.05, 3.63) is 0 Å². The molecule has 0 aliphatic heterocycles. The summed E-state index contributed by atoms with van der Waals surface area (Å²) in [6.45, 7) is 3.36. The normalized spacial score (nSPS) is 13.5. The van der Waals surface area contributed by atoms with E-state index in [0.717, 1.165) is 0 Å². The molecule has 64 valence electrons. The van der Waals surface area contributed by atoms with Gasteiger partial charge in [-0.2, -0.15) is 0 Å². The van der Waals surface area contributed by atoms with Crippen LogP contribution in [0.15, 0.2) is 4.99 Å². The molecule has 0 saturated heterocycles. The van der Waals surface area contributed by atoms with Crippen LogP contribution >= 0.6 is 0 Å². The first-order valence-electron chi connectivity index (χ1n) is 3.45. The van der Waals surface area contributed by atoms with Gasteiger partial charge >= 0.3 is 0 Å². The Balaban J connectivity index is 4.00. The topological polar surface area (TPSA) is 52.9 Å². The van der Waals surface area contributed by atoms with Gasteiger partial charge in [0.05, 0.1) is 19.0 Å². The lowest BCUT2D eigenvalue weighted by Crippen LogP contribution is -2.33. The predicted molar refractivity (Wildman–Crippen MR) is 43.5 cm³/mol. The highest BCUT2D eigenvalue weighted by atomic mass is 16.3. The van der Waals surface area contributed by atoms with Crippen LogP contribution in [0, 0.1) is 0 Å². The molecule has 1 unspecified atom stereocenters. The Labute approximate surface area is 66.5 Å². The van der Waals surface area contributed by atoms with Crippen LogP contribution in [0.3, 0.4) is 0 Å². The average molecular weight is 158 g/mol. The second-order valence-electron chi connectivity index (χ2n) is 2.39. The molecular formula is C7H14N2O2. The summed E-state index contributed by atoms with van der Waals surface area (Å²) in [5.41, 5.74) is 0. The summed E-state index contributed by atoms with van der Waals surface area (Å²) >= 11 is 0. The molecule has 0 aromatic heterocycles. The Morgan fingerprint density at radius 1 is 1.82 bits per heavy atom. The quantitative estimate of drug-likeness (QED) is 0.459. The molecule has 1 amide bonds. The molecule has 0 bridgehead atoms. The van der Waals surface area contributed by atoms with E-state index in [9.17, 15) is 4.79 Å². The summed E-state index contributed by atoms with van der Waals surface area (Å²) in [6, 6.07) is 0. The Morgan fingerprint density at radius 2 is 2.36 bits per heavy atom. The van der Waals surface area contributed by atoms with Gasteiger partial charge in [-0.05, 0) is 6.92 Å². The highest BCUT2D eigenvalue weighted by Gasteiger charge is 2.07. The molecule has 0 saturated carbocycles. The molecule has 1 N–H and O–H groups in total. The third kappa shape index (κ3) is 4.50. The van der Waals surface area contributed by atoms with Crippen molar-refractivity contribution in [3.63, 3.8) is 0 Å². The number of hydrogen-bond donors (Lipinski definition) is 1. The summed E-state index contributed by atoms with van der Waals surface area (Å²) in [4.78, 5) is 15.8. The molecular weight excluding hydrogens is 144 g/mol. The third-order valence-corrected chi connectivity index (χ3v) is 1.12. The highest BCUT2D eigenvalue weighted by molar-refractivity contribution is 5.85. The number of aliphatic hydroxyl groups is 1. The zero-order chi connectivity index (χ0) is 8.85. The van der Waals surface area contributed by atoms with Crippen molar-refractivity contribution in [2.24, 2.45) is 4.99 Å². The molecule has 0 radical (unpaired) electrons. The standard InChI is InChI=1S/C7H14N2O2/c1-6(10)4-9(5-8-3)7(2)11/h5-6,10H,4H2,1-3H3/b8-5-. The molecule has 0 heterocycles. The van der Waals surface area contributed by atoms with Gasteiger partial charge in [0, 0.05) is 14.0 Å². The first-order valence-corrected chi connectivity index (χ1v) is 3.45. The Bertz CT molecular complexity index is 155. The molecule has 0 fully saturated rings. The van der Waals surface area contributed by atoms with E-state index in [-0.39, 0.29) is 5.91 Å². The average Bonchev–Trinajstić information content (AvgIpc) is 1.86. The maximum absolute atomic E-state index is 10.8. The lowest BCUT2D eigenvalue weighted by atomic mass is 10.4. The summed E-state index contributed by atoms with van der Waals surface area (Å²) in [5.74, 6) is -0.114. The van der Waals surface area contributed by atoms with Gasteiger partial charge < -0.3 is 10.0 Å². The molecule has 0 aliphatic rings. The highest BCUT2D eigenvalue weighted by Crippen LogP contribution is 1.89. The number of aliphatic hydroxyl groups excluding tert-OH is 1. The largest absolute Gasteiger partial charge is 0.392 e. The fraction of sp³-hybridized carbons (Fsp3) is 0.714. The monoisotopic (exact) mass is 158 g/mol. The van der Waals surface area contributed by atoms with Crippen LogP contribution in [0.5, 0.6) is 0 Å². The Morgan fingerprint density at radius 3 is 2.64 bits per heavy atom. The van der Waals surface area contributed by atoms with Crippen molar-refractivity contribution in [1.82, 2.24) is 4.90 Å². The fourth-order valence-corrected chi connectivity index (χ4v) is 0.681. The van der Waals surface area contributed by atoms with E-state index in [2.05, 4.69) is 4.99 Å². The minimum atomic E-state index is -0.517. The van der Waals surface area contributed by atoms with Gasteiger partial charge in [0.2, 0.25) is 5.91 Å². The van der Waals surface area contributed by atoms with Crippen LogP contribution in [-0.2, 0) is 4.79 Å². The number of rotatable bonds is 3. The third-order valence-electron chi connectivity index (χ3n) is 1.12. The summed E-state index contributed by atoms with van der Waals surface area (Å²) in [7, 11) is 1.58. The Kier molecular flexibility index (Phi) is 4.45. The van der Waals surface area contributed by atoms with Gasteiger partial charge in [0.1, 0.15) is 0 Å². The number of amides is 1. The van der Waals surface area contributed by atoms with E-state index < -0.39 is 6.10 Å². The summed E-state index contributed by atoms with van der Waals surface area (Å²) in [5, 5.41) is 8.94. The lowest BCUT2D eigenvalue weighted by Gasteiger charge is -2.16. The van der Waals surface area contributed by atoms with Gasteiger partial charge in [-0.3, -0.25) is 9.79 Å². The Hall–Kier alpha value is -0.900. The van der Waals surface area contributed by atoms with Crippen LogP contribution < -0.4 is 0 Å². The van der Waals surface area contributed by atoms with E-state index in [4.69, 9.17) is 5.11 Å². The first kappa shape index (κ1) is 10.1. The second-order valence-corrected chi connectivity index (χ2v) is 2.39. The maximum atomic E-state index is 10.8. The maximum Gasteiger partial charge on any atom is 0.224 e. The van der Waals surface area contributed by atoms with Crippen LogP contribution in [0.4, 0.5) is 0 Å². The lowest BCUT2D eigenvalue weighted by molar-refractivity contribution is -0.125. The van der Waals surface area contributed by atoms with Gasteiger partial charge in [0.15, 0.2) is 0 Å². The zero-order valence-electron chi connectivity index (χ0n) is 7.11. The van der Waals surface area contributed by atoms with E-state index >= 15 is 0 Å². The number of carbonyl (C=O) groups is 1. The number of aliphatic imine (C=N–C) groups is 1. The fourth-order valence-electron chi connectivity index (χ4n) is 0.681. The zero-order valence-corrected chi connectivity index (χ0v) is 7.11. The number of hydrogen-bond acceptors (Lipinski definition) is 3. The predicted octanol–water partition coefficient (Wildman–Crippen LogP) is -0.126. The molecule has 0 rings (SSSR count). The van der Waals surface area contributed by atoms with Gasteiger partial charge in [0.25, 0.3) is 0 Å². The second kappa shape index (κ2) is 4.85.